The van der Waals surface area contributed by atoms with Gasteiger partial charge in [0, 0.05) is 0 Å². The average Bonchev–Trinajstić information content (AvgIpc) is 2.50. The lowest BCUT2D eigenvalue weighted by Gasteiger charge is -2.13. The Morgan fingerprint density at radius 1 is 0.429 bits per heavy atom. The molecule has 0 aromatic carbocycles. The molecule has 0 radical (unpaired) electrons. The molecule has 0 aliphatic carbocycles. The summed E-state index contributed by atoms with van der Waals surface area (Å²) < 4.78 is 0. The standard InChI is InChI=1S/C21H44/c1-4-7-8-9-10-11-12-13-14-15-16-17-18-20-21(6-3)19-5-2/h21H,4-20H2,1-3H3/t21-/m1/s1. The highest BCUT2D eigenvalue weighted by Gasteiger charge is 2.04. The van der Waals surface area contributed by atoms with Crippen LogP contribution in [0.5, 0.6) is 0 Å². The second-order valence-corrected chi connectivity index (χ2v) is 7.09. The van der Waals surface area contributed by atoms with Crippen LogP contribution in [0.25, 0.3) is 0 Å². The van der Waals surface area contributed by atoms with Crippen LogP contribution in [0, 0.1) is 5.92 Å². The second kappa shape index (κ2) is 18.1. The zero-order chi connectivity index (χ0) is 15.6. The van der Waals surface area contributed by atoms with E-state index in [2.05, 4.69) is 20.8 Å². The molecule has 0 aromatic rings. The topological polar surface area (TPSA) is 0 Å². The molecule has 1 atom stereocenters. The zero-order valence-corrected chi connectivity index (χ0v) is 15.6. The van der Waals surface area contributed by atoms with E-state index < -0.39 is 0 Å². The van der Waals surface area contributed by atoms with Crippen LogP contribution in [0.4, 0.5) is 0 Å². The average molecular weight is 297 g/mol. The van der Waals surface area contributed by atoms with Crippen molar-refractivity contribution < 1.29 is 0 Å². The van der Waals surface area contributed by atoms with E-state index in [1.807, 2.05) is 0 Å². The number of hydrogen-bond acceptors (Lipinski definition) is 0. The molecule has 0 saturated carbocycles. The van der Waals surface area contributed by atoms with Crippen molar-refractivity contribution in [3.63, 3.8) is 0 Å². The molecular formula is C21H44. The molecule has 0 spiro atoms. The summed E-state index contributed by atoms with van der Waals surface area (Å²) in [6, 6.07) is 0. The largest absolute Gasteiger partial charge is 0.0654 e. The minimum atomic E-state index is 1.02. The lowest BCUT2D eigenvalue weighted by atomic mass is 9.94. The second-order valence-electron chi connectivity index (χ2n) is 7.09. The fourth-order valence-electron chi connectivity index (χ4n) is 3.41. The molecule has 0 N–H and O–H groups in total. The lowest BCUT2D eigenvalue weighted by molar-refractivity contribution is 0.407. The monoisotopic (exact) mass is 296 g/mol. The van der Waals surface area contributed by atoms with Crippen molar-refractivity contribution in [2.45, 2.75) is 130 Å². The van der Waals surface area contributed by atoms with Crippen LogP contribution in [0.1, 0.15) is 130 Å². The van der Waals surface area contributed by atoms with Gasteiger partial charge in [-0.2, -0.15) is 0 Å². The van der Waals surface area contributed by atoms with Gasteiger partial charge in [0.05, 0.1) is 0 Å². The Labute approximate surface area is 136 Å². The van der Waals surface area contributed by atoms with Crippen LogP contribution in [0.2, 0.25) is 0 Å². The molecule has 0 aliphatic heterocycles. The maximum atomic E-state index is 2.36. The molecule has 0 unspecified atom stereocenters. The molecule has 0 aromatic heterocycles. The SMILES string of the molecule is CCCCCCCCCCCCCCC[C@H](CC)CCC. The predicted octanol–water partition coefficient (Wildman–Crippen LogP) is 8.29. The van der Waals surface area contributed by atoms with Crippen molar-refractivity contribution in [2.24, 2.45) is 5.92 Å². The van der Waals surface area contributed by atoms with E-state index in [0.717, 1.165) is 5.92 Å². The summed E-state index contributed by atoms with van der Waals surface area (Å²) in [5.74, 6) is 1.02. The summed E-state index contributed by atoms with van der Waals surface area (Å²) in [6.45, 7) is 6.99. The van der Waals surface area contributed by atoms with Gasteiger partial charge in [-0.1, -0.05) is 130 Å². The molecule has 0 saturated heterocycles. The van der Waals surface area contributed by atoms with Gasteiger partial charge in [-0.05, 0) is 5.92 Å². The summed E-state index contributed by atoms with van der Waals surface area (Å²) >= 11 is 0. The molecule has 0 nitrogen and oxygen atoms in total. The van der Waals surface area contributed by atoms with Crippen molar-refractivity contribution in [3.05, 3.63) is 0 Å². The van der Waals surface area contributed by atoms with Crippen LogP contribution < -0.4 is 0 Å². The molecule has 0 rings (SSSR count). The van der Waals surface area contributed by atoms with Crippen LogP contribution in [0.3, 0.4) is 0 Å². The maximum Gasteiger partial charge on any atom is -0.0417 e. The summed E-state index contributed by atoms with van der Waals surface area (Å²) in [5, 5.41) is 0. The van der Waals surface area contributed by atoms with Gasteiger partial charge in [0.15, 0.2) is 0 Å². The van der Waals surface area contributed by atoms with Crippen LogP contribution >= 0.6 is 0 Å². The summed E-state index contributed by atoms with van der Waals surface area (Å²) in [6.07, 6.45) is 24.8. The smallest absolute Gasteiger partial charge is 0.0417 e. The van der Waals surface area contributed by atoms with Crippen LogP contribution in [0.15, 0.2) is 0 Å². The van der Waals surface area contributed by atoms with E-state index in [-0.39, 0.29) is 0 Å². The highest BCUT2D eigenvalue weighted by Crippen LogP contribution is 2.19. The van der Waals surface area contributed by atoms with E-state index in [9.17, 15) is 0 Å². The van der Waals surface area contributed by atoms with Gasteiger partial charge in [0.25, 0.3) is 0 Å². The maximum absolute atomic E-state index is 2.36. The number of hydrogen-bond donors (Lipinski definition) is 0. The van der Waals surface area contributed by atoms with Crippen molar-refractivity contribution >= 4 is 0 Å². The first kappa shape index (κ1) is 21.0. The zero-order valence-electron chi connectivity index (χ0n) is 15.6. The van der Waals surface area contributed by atoms with E-state index in [1.54, 1.807) is 0 Å². The normalized spacial score (nSPS) is 12.7. The van der Waals surface area contributed by atoms with E-state index in [0.29, 0.717) is 0 Å². The van der Waals surface area contributed by atoms with Gasteiger partial charge in [-0.3, -0.25) is 0 Å². The quantitative estimate of drug-likeness (QED) is 0.237. The highest BCUT2D eigenvalue weighted by atomic mass is 14.1. The van der Waals surface area contributed by atoms with Gasteiger partial charge >= 0.3 is 0 Å². The Morgan fingerprint density at radius 2 is 0.857 bits per heavy atom. The number of unbranched alkanes of at least 4 members (excludes halogenated alkanes) is 12. The van der Waals surface area contributed by atoms with Gasteiger partial charge < -0.3 is 0 Å². The third kappa shape index (κ3) is 16.2. The molecule has 128 valence electrons. The molecule has 0 heteroatoms. The first-order valence-corrected chi connectivity index (χ1v) is 10.3. The van der Waals surface area contributed by atoms with Crippen molar-refractivity contribution in [1.29, 1.82) is 0 Å². The highest BCUT2D eigenvalue weighted by molar-refractivity contribution is 4.57. The van der Waals surface area contributed by atoms with Crippen LogP contribution in [-0.2, 0) is 0 Å². The Hall–Kier alpha value is 0. The minimum Gasteiger partial charge on any atom is -0.0654 e. The molecule has 0 fully saturated rings. The third-order valence-corrected chi connectivity index (χ3v) is 4.99. The Kier molecular flexibility index (Phi) is 18.1. The van der Waals surface area contributed by atoms with Crippen LogP contribution in [-0.4, -0.2) is 0 Å². The van der Waals surface area contributed by atoms with E-state index in [4.69, 9.17) is 0 Å². The van der Waals surface area contributed by atoms with Gasteiger partial charge in [0.2, 0.25) is 0 Å². The minimum absolute atomic E-state index is 1.02. The number of rotatable bonds is 17. The predicted molar refractivity (Wildman–Crippen MR) is 99.0 cm³/mol. The molecule has 0 aliphatic rings. The third-order valence-electron chi connectivity index (χ3n) is 4.99. The fraction of sp³-hybridized carbons (Fsp3) is 1.00. The summed E-state index contributed by atoms with van der Waals surface area (Å²) in [7, 11) is 0. The van der Waals surface area contributed by atoms with E-state index >= 15 is 0 Å². The van der Waals surface area contributed by atoms with Crippen molar-refractivity contribution in [1.82, 2.24) is 0 Å². The summed E-state index contributed by atoms with van der Waals surface area (Å²) in [4.78, 5) is 0. The van der Waals surface area contributed by atoms with E-state index in [1.165, 1.54) is 109 Å². The molecule has 0 amide bonds. The molecular weight excluding hydrogens is 252 g/mol. The summed E-state index contributed by atoms with van der Waals surface area (Å²) in [5.41, 5.74) is 0. The van der Waals surface area contributed by atoms with Gasteiger partial charge in [-0.25, -0.2) is 0 Å². The first-order chi connectivity index (χ1) is 10.3. The Balaban J connectivity index is 3.08. The van der Waals surface area contributed by atoms with Gasteiger partial charge in [-0.15, -0.1) is 0 Å². The lowest BCUT2D eigenvalue weighted by Crippen LogP contribution is -1.97. The van der Waals surface area contributed by atoms with Crippen molar-refractivity contribution in [2.75, 3.05) is 0 Å². The Morgan fingerprint density at radius 3 is 1.24 bits per heavy atom. The first-order valence-electron chi connectivity index (χ1n) is 10.3. The Bertz CT molecular complexity index is 173. The molecule has 0 heterocycles. The van der Waals surface area contributed by atoms with Gasteiger partial charge in [0.1, 0.15) is 0 Å². The molecule has 0 bridgehead atoms. The van der Waals surface area contributed by atoms with Crippen molar-refractivity contribution in [3.8, 4) is 0 Å². The molecule has 21 heavy (non-hydrogen) atoms. The fourth-order valence-corrected chi connectivity index (χ4v) is 3.41.